The number of carbonyl (C=O) groups excluding carboxylic acids is 1. The number of hydrogen-bond acceptors (Lipinski definition) is 4. The van der Waals surface area contributed by atoms with Crippen molar-refractivity contribution in [1.82, 2.24) is 13.8 Å². The van der Waals surface area contributed by atoms with Crippen molar-refractivity contribution in [2.24, 2.45) is 0 Å². The number of likely N-dealkylation sites (N-methyl/N-ethyl adjacent to an activating group) is 1. The van der Waals surface area contributed by atoms with Crippen LogP contribution in [0.2, 0.25) is 0 Å². The van der Waals surface area contributed by atoms with Gasteiger partial charge >= 0.3 is 0 Å². The number of carbonyl (C=O) groups is 1. The van der Waals surface area contributed by atoms with Crippen LogP contribution >= 0.6 is 0 Å². The van der Waals surface area contributed by atoms with Gasteiger partial charge in [0, 0.05) is 54.5 Å². The van der Waals surface area contributed by atoms with Gasteiger partial charge in [-0.2, -0.15) is 4.31 Å². The van der Waals surface area contributed by atoms with E-state index in [1.54, 1.807) is 26.0 Å². The molecule has 0 radical (unpaired) electrons. The van der Waals surface area contributed by atoms with Crippen LogP contribution in [0.15, 0.2) is 59.6 Å². The predicted octanol–water partition coefficient (Wildman–Crippen LogP) is 3.48. The molecule has 0 spiro atoms. The van der Waals surface area contributed by atoms with Crippen LogP contribution in [0.25, 0.3) is 10.9 Å². The molecule has 31 heavy (non-hydrogen) atoms. The first-order valence-electron chi connectivity index (χ1n) is 10.2. The van der Waals surface area contributed by atoms with Crippen LogP contribution in [0.1, 0.15) is 24.2 Å². The first kappa shape index (κ1) is 23.0. The molecule has 3 aromatic rings. The Kier molecular flexibility index (Phi) is 6.83. The van der Waals surface area contributed by atoms with Gasteiger partial charge in [0.1, 0.15) is 0 Å². The zero-order chi connectivity index (χ0) is 22.8. The van der Waals surface area contributed by atoms with Crippen molar-refractivity contribution in [3.63, 3.8) is 0 Å². The van der Waals surface area contributed by atoms with E-state index in [1.165, 1.54) is 23.5 Å². The molecule has 1 amide bonds. The van der Waals surface area contributed by atoms with Gasteiger partial charge < -0.3 is 14.8 Å². The number of rotatable bonds is 8. The van der Waals surface area contributed by atoms with Crippen LogP contribution in [-0.2, 0) is 16.6 Å². The monoisotopic (exact) mass is 442 g/mol. The average molecular weight is 443 g/mol. The SMILES string of the molecule is CC(C)N(C)S(=O)(=O)c1cccc(C(=O)Nc2ccc3c(ccn3CCN(C)C)c2)c1. The molecule has 0 saturated carbocycles. The lowest BCUT2D eigenvalue weighted by Crippen LogP contribution is -2.33. The molecule has 0 aliphatic carbocycles. The van der Waals surface area contributed by atoms with Gasteiger partial charge in [0.15, 0.2) is 0 Å². The molecule has 0 unspecified atom stereocenters. The quantitative estimate of drug-likeness (QED) is 0.580. The first-order chi connectivity index (χ1) is 14.6. The summed E-state index contributed by atoms with van der Waals surface area (Å²) in [5.74, 6) is -0.351. The molecule has 0 saturated heterocycles. The van der Waals surface area contributed by atoms with Crippen molar-refractivity contribution in [1.29, 1.82) is 0 Å². The zero-order valence-corrected chi connectivity index (χ0v) is 19.5. The van der Waals surface area contributed by atoms with Crippen molar-refractivity contribution >= 4 is 32.5 Å². The van der Waals surface area contributed by atoms with Crippen LogP contribution in [0.4, 0.5) is 5.69 Å². The maximum absolute atomic E-state index is 12.8. The van der Waals surface area contributed by atoms with E-state index in [2.05, 4.69) is 14.8 Å². The standard InChI is InChI=1S/C23H30N4O3S/c1-17(2)26(5)31(29,30)21-8-6-7-19(16-21)23(28)24-20-9-10-22-18(15-20)11-12-27(22)14-13-25(3)4/h6-12,15-17H,13-14H2,1-5H3,(H,24,28). The van der Waals surface area contributed by atoms with Gasteiger partial charge in [0.25, 0.3) is 5.91 Å². The van der Waals surface area contributed by atoms with E-state index in [0.717, 1.165) is 24.0 Å². The summed E-state index contributed by atoms with van der Waals surface area (Å²) < 4.78 is 29.0. The highest BCUT2D eigenvalue weighted by atomic mass is 32.2. The maximum atomic E-state index is 12.8. The molecule has 0 bridgehead atoms. The van der Waals surface area contributed by atoms with Gasteiger partial charge in [0.2, 0.25) is 10.0 Å². The number of nitrogens with one attached hydrogen (secondary N) is 1. The number of amides is 1. The highest BCUT2D eigenvalue weighted by Crippen LogP contribution is 2.22. The summed E-state index contributed by atoms with van der Waals surface area (Å²) >= 11 is 0. The second-order valence-corrected chi connectivity index (χ2v) is 10.2. The number of aromatic nitrogens is 1. The molecule has 1 heterocycles. The second kappa shape index (κ2) is 9.21. The molecule has 0 atom stereocenters. The highest BCUT2D eigenvalue weighted by molar-refractivity contribution is 7.89. The summed E-state index contributed by atoms with van der Waals surface area (Å²) in [4.78, 5) is 15.0. The Morgan fingerprint density at radius 1 is 1.06 bits per heavy atom. The van der Waals surface area contributed by atoms with Crippen LogP contribution in [0, 0.1) is 0 Å². The lowest BCUT2D eigenvalue weighted by molar-refractivity contribution is 0.102. The van der Waals surface area contributed by atoms with Crippen LogP contribution in [0.5, 0.6) is 0 Å². The maximum Gasteiger partial charge on any atom is 0.255 e. The molecule has 0 aliphatic heterocycles. The van der Waals surface area contributed by atoms with E-state index in [0.29, 0.717) is 11.3 Å². The molecule has 3 rings (SSSR count). The Morgan fingerprint density at radius 3 is 2.48 bits per heavy atom. The fraction of sp³-hybridized carbons (Fsp3) is 0.348. The molecule has 7 nitrogen and oxygen atoms in total. The lowest BCUT2D eigenvalue weighted by atomic mass is 10.2. The fourth-order valence-electron chi connectivity index (χ4n) is 3.23. The van der Waals surface area contributed by atoms with Crippen molar-refractivity contribution in [3.8, 4) is 0 Å². The Morgan fingerprint density at radius 2 is 1.81 bits per heavy atom. The highest BCUT2D eigenvalue weighted by Gasteiger charge is 2.24. The van der Waals surface area contributed by atoms with Crippen LogP contribution in [0.3, 0.4) is 0 Å². The number of anilines is 1. The third-order valence-electron chi connectivity index (χ3n) is 5.32. The fourth-order valence-corrected chi connectivity index (χ4v) is 4.64. The number of benzene rings is 2. The van der Waals surface area contributed by atoms with Gasteiger partial charge in [-0.05, 0) is 70.4 Å². The number of sulfonamides is 1. The summed E-state index contributed by atoms with van der Waals surface area (Å²) in [5, 5.41) is 3.91. The Bertz CT molecular complexity index is 1180. The molecule has 1 N–H and O–H groups in total. The first-order valence-corrected chi connectivity index (χ1v) is 11.7. The van der Waals surface area contributed by atoms with E-state index >= 15 is 0 Å². The van der Waals surface area contributed by atoms with E-state index in [1.807, 2.05) is 44.6 Å². The van der Waals surface area contributed by atoms with Gasteiger partial charge in [-0.15, -0.1) is 0 Å². The Balaban J connectivity index is 1.79. The summed E-state index contributed by atoms with van der Waals surface area (Å²) in [7, 11) is 1.96. The van der Waals surface area contributed by atoms with Gasteiger partial charge in [-0.1, -0.05) is 6.07 Å². The molecule has 0 fully saturated rings. The number of fused-ring (bicyclic) bond motifs is 1. The van der Waals surface area contributed by atoms with Gasteiger partial charge in [0.05, 0.1) is 4.90 Å². The Labute approximate surface area is 184 Å². The Hall–Kier alpha value is -2.68. The third-order valence-corrected chi connectivity index (χ3v) is 7.35. The minimum absolute atomic E-state index is 0.102. The third kappa shape index (κ3) is 5.15. The van der Waals surface area contributed by atoms with Crippen molar-refractivity contribution in [3.05, 3.63) is 60.3 Å². The van der Waals surface area contributed by atoms with E-state index < -0.39 is 10.0 Å². The van der Waals surface area contributed by atoms with Crippen molar-refractivity contribution < 1.29 is 13.2 Å². The summed E-state index contributed by atoms with van der Waals surface area (Å²) in [6, 6.07) is 13.7. The van der Waals surface area contributed by atoms with Crippen molar-refractivity contribution in [2.45, 2.75) is 31.3 Å². The molecule has 8 heteroatoms. The molecule has 2 aromatic carbocycles. The smallest absolute Gasteiger partial charge is 0.255 e. The zero-order valence-electron chi connectivity index (χ0n) is 18.7. The molecule has 0 aliphatic rings. The summed E-state index contributed by atoms with van der Waals surface area (Å²) in [6.07, 6.45) is 2.04. The molecular formula is C23H30N4O3S. The summed E-state index contributed by atoms with van der Waals surface area (Å²) in [6.45, 7) is 5.43. The minimum atomic E-state index is -3.66. The van der Waals surface area contributed by atoms with Gasteiger partial charge in [-0.3, -0.25) is 4.79 Å². The van der Waals surface area contributed by atoms with E-state index in [4.69, 9.17) is 0 Å². The van der Waals surface area contributed by atoms with E-state index in [9.17, 15) is 13.2 Å². The van der Waals surface area contributed by atoms with Crippen molar-refractivity contribution in [2.75, 3.05) is 33.0 Å². The second-order valence-electron chi connectivity index (χ2n) is 8.18. The number of hydrogen-bond donors (Lipinski definition) is 1. The van der Waals surface area contributed by atoms with Crippen LogP contribution in [-0.4, -0.2) is 61.8 Å². The molecular weight excluding hydrogens is 412 g/mol. The molecule has 1 aromatic heterocycles. The lowest BCUT2D eigenvalue weighted by Gasteiger charge is -2.21. The molecule has 166 valence electrons. The summed E-state index contributed by atoms with van der Waals surface area (Å²) in [5.41, 5.74) is 2.06. The van der Waals surface area contributed by atoms with Gasteiger partial charge in [-0.25, -0.2) is 8.42 Å². The van der Waals surface area contributed by atoms with E-state index in [-0.39, 0.29) is 16.8 Å². The van der Waals surface area contributed by atoms with Crippen LogP contribution < -0.4 is 5.32 Å². The predicted molar refractivity (Wildman–Crippen MR) is 125 cm³/mol. The normalized spacial score (nSPS) is 12.3. The number of nitrogens with zero attached hydrogens (tertiary/aromatic N) is 3. The topological polar surface area (TPSA) is 74.6 Å². The largest absolute Gasteiger partial charge is 0.346 e. The minimum Gasteiger partial charge on any atom is -0.346 e. The average Bonchev–Trinajstić information content (AvgIpc) is 3.13.